The van der Waals surface area contributed by atoms with Crippen molar-refractivity contribution in [3.05, 3.63) is 53.3 Å². The summed E-state index contributed by atoms with van der Waals surface area (Å²) in [6, 6.07) is 7.63. The van der Waals surface area contributed by atoms with Gasteiger partial charge in [0.1, 0.15) is 29.3 Å². The molecule has 0 radical (unpaired) electrons. The van der Waals surface area contributed by atoms with Gasteiger partial charge in [-0.25, -0.2) is 21.6 Å². The summed E-state index contributed by atoms with van der Waals surface area (Å²) < 4.78 is 90.7. The summed E-state index contributed by atoms with van der Waals surface area (Å²) in [5.74, 6) is -1.54. The quantitative estimate of drug-likeness (QED) is 0.237. The van der Waals surface area contributed by atoms with E-state index in [1.807, 2.05) is 0 Å². The van der Waals surface area contributed by atoms with Crippen LogP contribution in [-0.2, 0) is 32.1 Å². The van der Waals surface area contributed by atoms with Crippen molar-refractivity contribution in [1.82, 2.24) is 0 Å². The minimum absolute atomic E-state index is 0.0234. The van der Waals surface area contributed by atoms with Gasteiger partial charge in [0.05, 0.1) is 6.61 Å². The summed E-state index contributed by atoms with van der Waals surface area (Å²) in [5.41, 5.74) is 0.473. The van der Waals surface area contributed by atoms with E-state index in [1.165, 1.54) is 37.3 Å². The molecule has 0 aliphatic heterocycles. The lowest BCUT2D eigenvalue weighted by Crippen LogP contribution is -2.09. The molecular weight excluding hydrogens is 484 g/mol. The fourth-order valence-electron chi connectivity index (χ4n) is 2.94. The first-order chi connectivity index (χ1) is 15.4. The van der Waals surface area contributed by atoms with E-state index >= 15 is 0 Å². The molecule has 1 aromatic heterocycles. The average molecular weight is 500 g/mol. The number of furan rings is 1. The Morgan fingerprint density at radius 1 is 1.00 bits per heavy atom. The molecule has 33 heavy (non-hydrogen) atoms. The van der Waals surface area contributed by atoms with E-state index in [-0.39, 0.29) is 47.0 Å². The number of rotatable bonds is 9. The summed E-state index contributed by atoms with van der Waals surface area (Å²) in [6.07, 6.45) is 0. The topological polar surface area (TPSA) is 182 Å². The van der Waals surface area contributed by atoms with Crippen LogP contribution in [0.4, 0.5) is 0 Å². The Labute approximate surface area is 188 Å². The second-order valence-electron chi connectivity index (χ2n) is 6.47. The highest BCUT2D eigenvalue weighted by Gasteiger charge is 2.23. The van der Waals surface area contributed by atoms with Crippen molar-refractivity contribution in [3.63, 3.8) is 0 Å². The summed E-state index contributed by atoms with van der Waals surface area (Å²) in [5, 5.41) is 0.132. The molecule has 0 saturated heterocycles. The van der Waals surface area contributed by atoms with Gasteiger partial charge in [-0.15, -0.1) is 0 Å². The Balaban J connectivity index is 1.99. The van der Waals surface area contributed by atoms with Crippen LogP contribution < -0.4 is 13.1 Å². The van der Waals surface area contributed by atoms with E-state index in [2.05, 4.69) is 8.37 Å². The minimum Gasteiger partial charge on any atom is -0.716 e. The third kappa shape index (κ3) is 6.35. The van der Waals surface area contributed by atoms with Gasteiger partial charge in [-0.1, -0.05) is 12.1 Å². The van der Waals surface area contributed by atoms with Crippen LogP contribution >= 0.6 is 0 Å². The van der Waals surface area contributed by atoms with Gasteiger partial charge < -0.3 is 31.4 Å². The fourth-order valence-corrected chi connectivity index (χ4v) is 3.63. The highest BCUT2D eigenvalue weighted by Crippen LogP contribution is 2.38. The number of ether oxygens (including phenoxy) is 2. The summed E-state index contributed by atoms with van der Waals surface area (Å²) >= 11 is 0. The molecule has 0 aliphatic rings. The Morgan fingerprint density at radius 2 is 1.70 bits per heavy atom. The molecular formula is C19H16O12S2-2. The van der Waals surface area contributed by atoms with Crippen LogP contribution in [0.2, 0.25) is 0 Å². The zero-order valence-corrected chi connectivity index (χ0v) is 18.7. The van der Waals surface area contributed by atoms with Crippen molar-refractivity contribution in [2.75, 3.05) is 6.61 Å². The van der Waals surface area contributed by atoms with Crippen molar-refractivity contribution >= 4 is 37.7 Å². The molecule has 3 aromatic rings. The van der Waals surface area contributed by atoms with Gasteiger partial charge in [0.15, 0.2) is 11.5 Å². The maximum atomic E-state index is 12.3. The van der Waals surface area contributed by atoms with E-state index in [1.54, 1.807) is 6.92 Å². The minimum atomic E-state index is -5.21. The number of hydrogen-bond acceptors (Lipinski definition) is 12. The monoisotopic (exact) mass is 500 g/mol. The lowest BCUT2D eigenvalue weighted by Gasteiger charge is -2.15. The Bertz CT molecular complexity index is 1400. The molecule has 0 fully saturated rings. The predicted molar refractivity (Wildman–Crippen MR) is 108 cm³/mol. The zero-order chi connectivity index (χ0) is 24.4. The van der Waals surface area contributed by atoms with Crippen LogP contribution in [0.3, 0.4) is 0 Å². The lowest BCUT2D eigenvalue weighted by molar-refractivity contribution is 0.0526. The van der Waals surface area contributed by atoms with E-state index in [0.29, 0.717) is 5.56 Å². The average Bonchev–Trinajstić information content (AvgIpc) is 2.98. The summed E-state index contributed by atoms with van der Waals surface area (Å²) in [6.45, 7) is 2.90. The third-order valence-electron chi connectivity index (χ3n) is 4.09. The molecule has 0 bridgehead atoms. The van der Waals surface area contributed by atoms with Crippen molar-refractivity contribution < 1.29 is 53.0 Å². The van der Waals surface area contributed by atoms with Crippen LogP contribution in [0, 0.1) is 6.92 Å². The normalized spacial score (nSPS) is 11.9. The SMILES string of the molecule is CCOC(=O)c1c(C)oc2cc(OCc3cccc(OS(=O)(=O)[O-])c3)c(OS(=O)(=O)[O-])cc12. The number of esters is 1. The van der Waals surface area contributed by atoms with Crippen LogP contribution in [-0.4, -0.2) is 38.5 Å². The smallest absolute Gasteiger partial charge is 0.342 e. The van der Waals surface area contributed by atoms with Crippen molar-refractivity contribution in [3.8, 4) is 17.2 Å². The highest BCUT2D eigenvalue weighted by atomic mass is 32.3. The van der Waals surface area contributed by atoms with E-state index < -0.39 is 32.5 Å². The molecule has 0 aliphatic carbocycles. The first-order valence-electron chi connectivity index (χ1n) is 9.13. The van der Waals surface area contributed by atoms with Crippen LogP contribution in [0.5, 0.6) is 17.2 Å². The Kier molecular flexibility index (Phi) is 6.83. The van der Waals surface area contributed by atoms with Crippen LogP contribution in [0.1, 0.15) is 28.6 Å². The van der Waals surface area contributed by atoms with E-state index in [4.69, 9.17) is 13.9 Å². The molecule has 14 heteroatoms. The Morgan fingerprint density at radius 3 is 2.33 bits per heavy atom. The number of benzene rings is 2. The number of hydrogen-bond donors (Lipinski definition) is 0. The van der Waals surface area contributed by atoms with Gasteiger partial charge in [0.25, 0.3) is 20.8 Å². The molecule has 0 N–H and O–H groups in total. The molecule has 0 unspecified atom stereocenters. The molecule has 0 saturated carbocycles. The predicted octanol–water partition coefficient (Wildman–Crippen LogP) is 2.17. The lowest BCUT2D eigenvalue weighted by atomic mass is 10.1. The highest BCUT2D eigenvalue weighted by molar-refractivity contribution is 7.81. The molecule has 2 aromatic carbocycles. The molecule has 12 nitrogen and oxygen atoms in total. The second kappa shape index (κ2) is 9.27. The van der Waals surface area contributed by atoms with E-state index in [9.17, 15) is 30.7 Å². The fraction of sp³-hybridized carbons (Fsp3) is 0.211. The first kappa shape index (κ1) is 24.3. The van der Waals surface area contributed by atoms with E-state index in [0.717, 1.165) is 6.07 Å². The van der Waals surface area contributed by atoms with Crippen molar-refractivity contribution in [1.29, 1.82) is 0 Å². The molecule has 1 heterocycles. The standard InChI is InChI=1S/C19H18O12S2/c1-3-27-19(20)18-11(2)29-15-9-16(17(8-14(15)18)31-33(24,25)26)28-10-12-5-4-6-13(7-12)30-32(21,22)23/h4-9H,3,10H2,1-2H3,(H,21,22,23)(H,24,25,26)/p-2. The maximum Gasteiger partial charge on any atom is 0.342 e. The van der Waals surface area contributed by atoms with Crippen molar-refractivity contribution in [2.24, 2.45) is 0 Å². The largest absolute Gasteiger partial charge is 0.716 e. The van der Waals surface area contributed by atoms with Gasteiger partial charge in [-0.3, -0.25) is 0 Å². The number of carbonyl (C=O) groups excluding carboxylic acids is 1. The maximum absolute atomic E-state index is 12.3. The molecule has 0 atom stereocenters. The van der Waals surface area contributed by atoms with Gasteiger partial charge in [0.2, 0.25) is 0 Å². The van der Waals surface area contributed by atoms with Gasteiger partial charge in [-0.05, 0) is 37.6 Å². The van der Waals surface area contributed by atoms with Gasteiger partial charge in [-0.2, -0.15) is 0 Å². The van der Waals surface area contributed by atoms with Gasteiger partial charge in [0, 0.05) is 11.5 Å². The van der Waals surface area contributed by atoms with Crippen molar-refractivity contribution in [2.45, 2.75) is 20.5 Å². The summed E-state index contributed by atoms with van der Waals surface area (Å²) in [4.78, 5) is 12.3. The Hall–Kier alpha value is -3.33. The zero-order valence-electron chi connectivity index (χ0n) is 17.1. The second-order valence-corrected chi connectivity index (χ2v) is 8.43. The van der Waals surface area contributed by atoms with Crippen LogP contribution in [0.25, 0.3) is 11.0 Å². The molecule has 0 spiro atoms. The molecule has 3 rings (SSSR count). The molecule has 178 valence electrons. The molecule has 0 amide bonds. The number of aryl methyl sites for hydroxylation is 1. The first-order valence-corrected chi connectivity index (χ1v) is 11.8. The van der Waals surface area contributed by atoms with Crippen LogP contribution in [0.15, 0.2) is 40.8 Å². The third-order valence-corrected chi connectivity index (χ3v) is 4.87. The summed E-state index contributed by atoms with van der Waals surface area (Å²) in [7, 11) is -10.2. The van der Waals surface area contributed by atoms with Gasteiger partial charge >= 0.3 is 5.97 Å². The number of carbonyl (C=O) groups is 1. The number of fused-ring (bicyclic) bond motifs is 1.